The minimum atomic E-state index is -0.280. The summed E-state index contributed by atoms with van der Waals surface area (Å²) in [6.45, 7) is 8.10. The van der Waals surface area contributed by atoms with Crippen molar-refractivity contribution in [3.8, 4) is 0 Å². The first kappa shape index (κ1) is 15.4. The molecule has 0 aromatic heterocycles. The fourth-order valence-corrected chi connectivity index (χ4v) is 1.64. The van der Waals surface area contributed by atoms with Crippen molar-refractivity contribution in [1.82, 2.24) is 0 Å². The van der Waals surface area contributed by atoms with Gasteiger partial charge >= 0.3 is 0 Å². The van der Waals surface area contributed by atoms with Crippen LogP contribution in [0.4, 0.5) is 0 Å². The predicted molar refractivity (Wildman–Crippen MR) is 74.6 cm³/mol. The summed E-state index contributed by atoms with van der Waals surface area (Å²) in [5.74, 6) is -0.280. The summed E-state index contributed by atoms with van der Waals surface area (Å²) < 4.78 is 0. The van der Waals surface area contributed by atoms with E-state index in [4.69, 9.17) is 5.73 Å². The Labute approximate surface area is 105 Å². The quantitative estimate of drug-likeness (QED) is 0.846. The lowest BCUT2D eigenvalue weighted by atomic mass is 9.97. The molecule has 0 saturated heterocycles. The van der Waals surface area contributed by atoms with E-state index in [1.165, 1.54) is 5.56 Å². The van der Waals surface area contributed by atoms with Gasteiger partial charge in [-0.1, -0.05) is 51.1 Å². The number of carbonyl (C=O) groups is 1. The number of rotatable bonds is 4. The summed E-state index contributed by atoms with van der Waals surface area (Å²) in [7, 11) is 0. The molecule has 1 aromatic carbocycles. The molecule has 0 fully saturated rings. The van der Waals surface area contributed by atoms with Gasteiger partial charge in [0.15, 0.2) is 0 Å². The molecular weight excluding hydrogens is 210 g/mol. The normalized spacial score (nSPS) is 10.5. The number of allylic oxidation sites excluding steroid dienone is 1. The Kier molecular flexibility index (Phi) is 7.78. The number of benzene rings is 1. The standard InChI is InChI=1S/C13H17NO.C2H6/c1-3-6-11(9-13(14)15)12-8-5-4-7-10(12)2;1-2/h4-8H,3,9H2,1-2H3,(H2,14,15);1-2H3/b11-6-;. The van der Waals surface area contributed by atoms with Crippen LogP contribution in [0.25, 0.3) is 5.57 Å². The second kappa shape index (κ2) is 8.57. The first-order valence-electron chi connectivity index (χ1n) is 6.18. The number of carbonyl (C=O) groups excluding carboxylic acids is 1. The molecule has 0 aliphatic carbocycles. The van der Waals surface area contributed by atoms with E-state index >= 15 is 0 Å². The maximum absolute atomic E-state index is 11.0. The molecule has 2 nitrogen and oxygen atoms in total. The van der Waals surface area contributed by atoms with Gasteiger partial charge in [-0.3, -0.25) is 4.79 Å². The van der Waals surface area contributed by atoms with Crippen LogP contribution in [0.15, 0.2) is 30.3 Å². The van der Waals surface area contributed by atoms with Crippen molar-refractivity contribution < 1.29 is 4.79 Å². The van der Waals surface area contributed by atoms with E-state index in [1.54, 1.807) is 0 Å². The highest BCUT2D eigenvalue weighted by Crippen LogP contribution is 2.21. The van der Waals surface area contributed by atoms with Crippen LogP contribution in [0.3, 0.4) is 0 Å². The Morgan fingerprint density at radius 2 is 1.88 bits per heavy atom. The third-order valence-corrected chi connectivity index (χ3v) is 2.31. The van der Waals surface area contributed by atoms with Gasteiger partial charge in [-0.05, 0) is 30.0 Å². The summed E-state index contributed by atoms with van der Waals surface area (Å²) in [6, 6.07) is 8.04. The number of hydrogen-bond acceptors (Lipinski definition) is 1. The van der Waals surface area contributed by atoms with Crippen molar-refractivity contribution in [2.24, 2.45) is 5.73 Å². The maximum Gasteiger partial charge on any atom is 0.221 e. The number of aryl methyl sites for hydroxylation is 1. The van der Waals surface area contributed by atoms with Gasteiger partial charge in [0.05, 0.1) is 6.42 Å². The first-order valence-corrected chi connectivity index (χ1v) is 6.18. The van der Waals surface area contributed by atoms with Crippen LogP contribution in [0, 0.1) is 6.92 Å². The van der Waals surface area contributed by atoms with Gasteiger partial charge in [-0.2, -0.15) is 0 Å². The van der Waals surface area contributed by atoms with Gasteiger partial charge in [0.1, 0.15) is 0 Å². The highest BCUT2D eigenvalue weighted by molar-refractivity contribution is 5.88. The Morgan fingerprint density at radius 3 is 2.35 bits per heavy atom. The van der Waals surface area contributed by atoms with Crippen molar-refractivity contribution >= 4 is 11.5 Å². The number of nitrogens with two attached hydrogens (primary N) is 1. The van der Waals surface area contributed by atoms with Crippen LogP contribution in [0.2, 0.25) is 0 Å². The first-order chi connectivity index (χ1) is 8.15. The Hall–Kier alpha value is -1.57. The van der Waals surface area contributed by atoms with E-state index in [-0.39, 0.29) is 5.91 Å². The zero-order chi connectivity index (χ0) is 13.3. The Balaban J connectivity index is 0.00000121. The van der Waals surface area contributed by atoms with Crippen molar-refractivity contribution in [3.05, 3.63) is 41.5 Å². The molecule has 2 N–H and O–H groups in total. The molecule has 0 heterocycles. The highest BCUT2D eigenvalue weighted by atomic mass is 16.1. The van der Waals surface area contributed by atoms with Crippen LogP contribution in [-0.2, 0) is 4.79 Å². The van der Waals surface area contributed by atoms with E-state index < -0.39 is 0 Å². The lowest BCUT2D eigenvalue weighted by Crippen LogP contribution is -2.11. The second-order valence-corrected chi connectivity index (χ2v) is 3.60. The Bertz CT molecular complexity index is 380. The summed E-state index contributed by atoms with van der Waals surface area (Å²) in [4.78, 5) is 11.0. The largest absolute Gasteiger partial charge is 0.369 e. The van der Waals surface area contributed by atoms with Gasteiger partial charge in [0.25, 0.3) is 0 Å². The average molecular weight is 233 g/mol. The van der Waals surface area contributed by atoms with Gasteiger partial charge in [-0.25, -0.2) is 0 Å². The van der Waals surface area contributed by atoms with E-state index in [1.807, 2.05) is 45.0 Å². The molecule has 2 heteroatoms. The molecule has 1 rings (SSSR count). The van der Waals surface area contributed by atoms with E-state index in [0.717, 1.165) is 17.6 Å². The van der Waals surface area contributed by atoms with Gasteiger partial charge in [-0.15, -0.1) is 0 Å². The molecule has 1 amide bonds. The zero-order valence-electron chi connectivity index (χ0n) is 11.3. The monoisotopic (exact) mass is 233 g/mol. The van der Waals surface area contributed by atoms with Crippen LogP contribution < -0.4 is 5.73 Å². The predicted octanol–water partition coefficient (Wildman–Crippen LogP) is 3.69. The topological polar surface area (TPSA) is 43.1 Å². The van der Waals surface area contributed by atoms with E-state index in [0.29, 0.717) is 6.42 Å². The van der Waals surface area contributed by atoms with Crippen LogP contribution >= 0.6 is 0 Å². The average Bonchev–Trinajstić information content (AvgIpc) is 2.31. The SMILES string of the molecule is CC.CC/C=C(/CC(N)=O)c1ccccc1C. The fourth-order valence-electron chi connectivity index (χ4n) is 1.64. The molecule has 0 unspecified atom stereocenters. The molecule has 0 atom stereocenters. The number of hydrogen-bond donors (Lipinski definition) is 1. The lowest BCUT2D eigenvalue weighted by molar-refractivity contribution is -0.117. The number of amides is 1. The van der Waals surface area contributed by atoms with Crippen molar-refractivity contribution in [2.45, 2.75) is 40.5 Å². The molecule has 0 spiro atoms. The lowest BCUT2D eigenvalue weighted by Gasteiger charge is -2.08. The third kappa shape index (κ3) is 5.34. The molecule has 0 radical (unpaired) electrons. The van der Waals surface area contributed by atoms with Gasteiger partial charge in [0.2, 0.25) is 5.91 Å². The Morgan fingerprint density at radius 1 is 1.29 bits per heavy atom. The molecular formula is C15H23NO. The van der Waals surface area contributed by atoms with Crippen molar-refractivity contribution in [3.63, 3.8) is 0 Å². The van der Waals surface area contributed by atoms with Crippen molar-refractivity contribution in [1.29, 1.82) is 0 Å². The van der Waals surface area contributed by atoms with Gasteiger partial charge < -0.3 is 5.73 Å². The van der Waals surface area contributed by atoms with Crippen LogP contribution in [0.1, 0.15) is 44.7 Å². The molecule has 1 aromatic rings. The smallest absolute Gasteiger partial charge is 0.221 e. The molecule has 0 bridgehead atoms. The second-order valence-electron chi connectivity index (χ2n) is 3.60. The number of primary amides is 1. The molecule has 17 heavy (non-hydrogen) atoms. The molecule has 0 aliphatic rings. The highest BCUT2D eigenvalue weighted by Gasteiger charge is 2.06. The summed E-state index contributed by atoms with van der Waals surface area (Å²) in [5.41, 5.74) is 8.56. The summed E-state index contributed by atoms with van der Waals surface area (Å²) in [6.07, 6.45) is 3.29. The van der Waals surface area contributed by atoms with Crippen LogP contribution in [-0.4, -0.2) is 5.91 Å². The fraction of sp³-hybridized carbons (Fsp3) is 0.400. The minimum absolute atomic E-state index is 0.280. The van der Waals surface area contributed by atoms with Crippen LogP contribution in [0.5, 0.6) is 0 Å². The minimum Gasteiger partial charge on any atom is -0.369 e. The summed E-state index contributed by atoms with van der Waals surface area (Å²) >= 11 is 0. The van der Waals surface area contributed by atoms with E-state index in [9.17, 15) is 4.79 Å². The van der Waals surface area contributed by atoms with E-state index in [2.05, 4.69) is 13.0 Å². The summed E-state index contributed by atoms with van der Waals surface area (Å²) in [5, 5.41) is 0. The third-order valence-electron chi connectivity index (χ3n) is 2.31. The molecule has 0 saturated carbocycles. The molecule has 0 aliphatic heterocycles. The van der Waals surface area contributed by atoms with Crippen molar-refractivity contribution in [2.75, 3.05) is 0 Å². The zero-order valence-corrected chi connectivity index (χ0v) is 11.3. The maximum atomic E-state index is 11.0. The molecule has 94 valence electrons. The van der Waals surface area contributed by atoms with Gasteiger partial charge in [0, 0.05) is 0 Å².